The lowest BCUT2D eigenvalue weighted by Gasteiger charge is -2.30. The van der Waals surface area contributed by atoms with Gasteiger partial charge in [-0.3, -0.25) is 0 Å². The number of hydrogen-bond donors (Lipinski definition) is 0. The van der Waals surface area contributed by atoms with E-state index in [1.807, 2.05) is 0 Å². The van der Waals surface area contributed by atoms with Crippen LogP contribution in [0, 0.1) is 6.92 Å². The Bertz CT molecular complexity index is 4180. The van der Waals surface area contributed by atoms with Crippen LogP contribution in [-0.2, 0) is 0 Å². The fraction of sp³-hybridized carbons (Fsp3) is 0.0476. The van der Waals surface area contributed by atoms with Gasteiger partial charge in [-0.1, -0.05) is 183 Å². The van der Waals surface area contributed by atoms with Crippen molar-refractivity contribution in [1.82, 2.24) is 0 Å². The first-order chi connectivity index (χ1) is 32.4. The average Bonchev–Trinajstić information content (AvgIpc) is 3.85. The second-order valence-electron chi connectivity index (χ2n) is 18.8. The summed E-state index contributed by atoms with van der Waals surface area (Å²) in [6, 6.07) is 76.9. The highest BCUT2D eigenvalue weighted by Gasteiger charge is 2.38. The molecule has 12 aromatic carbocycles. The summed E-state index contributed by atoms with van der Waals surface area (Å²) in [4.78, 5) is 2.46. The Morgan fingerprint density at radius 1 is 0.379 bits per heavy atom. The summed E-state index contributed by atoms with van der Waals surface area (Å²) in [6.07, 6.45) is 0. The van der Waals surface area contributed by atoms with Crippen molar-refractivity contribution in [3.05, 3.63) is 212 Å². The molecule has 0 amide bonds. The molecule has 1 aliphatic rings. The minimum Gasteiger partial charge on any atom is -0.454 e. The van der Waals surface area contributed by atoms with Crippen molar-refractivity contribution in [2.75, 3.05) is 4.90 Å². The molecule has 0 fully saturated rings. The SMILES string of the molecule is Cc1ccccc1N(c1c2ccccc2c(-c2ccc3c(c2)[Si](C)(C)c2cc4c5ccccc5c5cc6ccccc6cc5c4cc2-3)c2ccccc12)c1cccc2c1oc1ccccc12. The number of rotatable bonds is 4. The van der Waals surface area contributed by atoms with Crippen molar-refractivity contribution in [3.8, 4) is 22.3 Å². The summed E-state index contributed by atoms with van der Waals surface area (Å²) in [5.74, 6) is 0. The lowest BCUT2D eigenvalue weighted by atomic mass is 9.88. The molecule has 0 N–H and O–H groups in total. The molecule has 2 heterocycles. The zero-order valence-electron chi connectivity index (χ0n) is 37.0. The van der Waals surface area contributed by atoms with Gasteiger partial charge in [0.2, 0.25) is 0 Å². The molecule has 13 aromatic rings. The van der Waals surface area contributed by atoms with Crippen LogP contribution in [0.5, 0.6) is 0 Å². The van der Waals surface area contributed by atoms with Crippen molar-refractivity contribution >= 4 is 122 Å². The van der Waals surface area contributed by atoms with Gasteiger partial charge in [-0.05, 0) is 135 Å². The van der Waals surface area contributed by atoms with Crippen LogP contribution in [0.1, 0.15) is 5.56 Å². The van der Waals surface area contributed by atoms with Crippen LogP contribution in [-0.4, -0.2) is 8.07 Å². The molecule has 1 aromatic heterocycles. The van der Waals surface area contributed by atoms with Crippen LogP contribution in [0.4, 0.5) is 17.1 Å². The molecular formula is C63H43NOSi. The summed E-state index contributed by atoms with van der Waals surface area (Å²) >= 11 is 0. The van der Waals surface area contributed by atoms with E-state index < -0.39 is 8.07 Å². The van der Waals surface area contributed by atoms with Gasteiger partial charge in [-0.2, -0.15) is 0 Å². The summed E-state index contributed by atoms with van der Waals surface area (Å²) in [7, 11) is -2.18. The number of fused-ring (bicyclic) bond motifs is 15. The lowest BCUT2D eigenvalue weighted by molar-refractivity contribution is 0.669. The van der Waals surface area contributed by atoms with Gasteiger partial charge in [0.05, 0.1) is 11.4 Å². The first-order valence-corrected chi connectivity index (χ1v) is 26.1. The third kappa shape index (κ3) is 5.17. The highest BCUT2D eigenvalue weighted by Crippen LogP contribution is 2.51. The predicted octanol–water partition coefficient (Wildman–Crippen LogP) is 16.8. The van der Waals surface area contributed by atoms with Crippen LogP contribution >= 0.6 is 0 Å². The van der Waals surface area contributed by atoms with E-state index in [1.165, 1.54) is 103 Å². The standard InChI is InChI=1S/C63H43NOSi/c1-38-17-4-14-28-56(38)64(57-29-16-27-50-44-22-13-15-30-58(44)65-63(50)57)62-48-25-11-9-23-46(48)61(47-24-10-12-26-49(47)62)41-31-32-45-55-36-53-52-34-40-19-6-5-18-39(40)33-51(52)42-20-7-8-21-43(42)54(53)37-60(55)66(2,3)59(45)35-41/h4-37H,1-3H3. The molecule has 0 atom stereocenters. The molecule has 2 nitrogen and oxygen atoms in total. The van der Waals surface area contributed by atoms with E-state index in [1.54, 1.807) is 0 Å². The fourth-order valence-corrected chi connectivity index (χ4v) is 14.9. The number of aryl methyl sites for hydroxylation is 1. The average molecular weight is 858 g/mol. The molecule has 310 valence electrons. The van der Waals surface area contributed by atoms with Crippen molar-refractivity contribution in [3.63, 3.8) is 0 Å². The number of furan rings is 1. The van der Waals surface area contributed by atoms with Crippen LogP contribution in [0.25, 0.3) is 109 Å². The Kier molecular flexibility index (Phi) is 7.80. The number of para-hydroxylation sites is 3. The van der Waals surface area contributed by atoms with Gasteiger partial charge in [-0.15, -0.1) is 0 Å². The summed E-state index contributed by atoms with van der Waals surface area (Å²) in [5.41, 5.74) is 11.6. The number of nitrogens with zero attached hydrogens (tertiary/aromatic N) is 1. The van der Waals surface area contributed by atoms with E-state index in [2.05, 4.69) is 231 Å². The predicted molar refractivity (Wildman–Crippen MR) is 286 cm³/mol. The molecule has 66 heavy (non-hydrogen) atoms. The van der Waals surface area contributed by atoms with E-state index in [0.717, 1.165) is 39.0 Å². The second-order valence-corrected chi connectivity index (χ2v) is 23.1. The van der Waals surface area contributed by atoms with Gasteiger partial charge in [0, 0.05) is 27.2 Å². The largest absolute Gasteiger partial charge is 0.454 e. The molecule has 14 rings (SSSR count). The minimum absolute atomic E-state index is 0.881. The first kappa shape index (κ1) is 37.4. The van der Waals surface area contributed by atoms with Crippen LogP contribution in [0.2, 0.25) is 13.1 Å². The third-order valence-electron chi connectivity index (χ3n) is 14.9. The Morgan fingerprint density at radius 3 is 1.59 bits per heavy atom. The highest BCUT2D eigenvalue weighted by molar-refractivity contribution is 7.04. The molecule has 0 bridgehead atoms. The van der Waals surface area contributed by atoms with Crippen molar-refractivity contribution in [2.45, 2.75) is 20.0 Å². The van der Waals surface area contributed by atoms with E-state index in [4.69, 9.17) is 4.42 Å². The van der Waals surface area contributed by atoms with E-state index in [-0.39, 0.29) is 0 Å². The van der Waals surface area contributed by atoms with Crippen LogP contribution < -0.4 is 15.3 Å². The summed E-state index contributed by atoms with van der Waals surface area (Å²) in [5, 5.41) is 20.6. The number of benzene rings is 12. The van der Waals surface area contributed by atoms with Crippen molar-refractivity contribution in [1.29, 1.82) is 0 Å². The Morgan fingerprint density at radius 2 is 0.894 bits per heavy atom. The summed E-state index contributed by atoms with van der Waals surface area (Å²) < 4.78 is 6.80. The van der Waals surface area contributed by atoms with E-state index in [0.29, 0.717) is 0 Å². The topological polar surface area (TPSA) is 16.4 Å². The summed E-state index contributed by atoms with van der Waals surface area (Å²) in [6.45, 7) is 7.33. The van der Waals surface area contributed by atoms with Crippen LogP contribution in [0.3, 0.4) is 0 Å². The number of anilines is 3. The Balaban J connectivity index is 1.01. The minimum atomic E-state index is -2.18. The Labute approximate surface area is 383 Å². The monoisotopic (exact) mass is 857 g/mol. The van der Waals surface area contributed by atoms with Crippen molar-refractivity contribution in [2.24, 2.45) is 0 Å². The van der Waals surface area contributed by atoms with Gasteiger partial charge in [0.1, 0.15) is 13.7 Å². The Hall–Kier alpha value is -7.98. The van der Waals surface area contributed by atoms with Crippen LogP contribution in [0.15, 0.2) is 211 Å². The molecule has 3 heteroatoms. The van der Waals surface area contributed by atoms with Gasteiger partial charge in [0.25, 0.3) is 0 Å². The zero-order valence-corrected chi connectivity index (χ0v) is 38.0. The van der Waals surface area contributed by atoms with E-state index in [9.17, 15) is 0 Å². The second kappa shape index (κ2) is 13.8. The molecule has 0 radical (unpaired) electrons. The molecule has 1 aliphatic heterocycles. The first-order valence-electron chi connectivity index (χ1n) is 23.1. The quantitative estimate of drug-likeness (QED) is 0.0996. The highest BCUT2D eigenvalue weighted by atomic mass is 28.3. The van der Waals surface area contributed by atoms with Gasteiger partial charge in [-0.25, -0.2) is 0 Å². The molecule has 0 unspecified atom stereocenters. The zero-order chi connectivity index (χ0) is 43.8. The number of hydrogen-bond acceptors (Lipinski definition) is 2. The van der Waals surface area contributed by atoms with Crippen molar-refractivity contribution < 1.29 is 4.42 Å². The normalized spacial score (nSPS) is 13.2. The van der Waals surface area contributed by atoms with E-state index >= 15 is 0 Å². The molecular weight excluding hydrogens is 815 g/mol. The maximum Gasteiger partial charge on any atom is 0.159 e. The van der Waals surface area contributed by atoms with Gasteiger partial charge < -0.3 is 9.32 Å². The molecule has 0 spiro atoms. The molecule has 0 saturated carbocycles. The maximum atomic E-state index is 6.80. The smallest absolute Gasteiger partial charge is 0.159 e. The third-order valence-corrected chi connectivity index (χ3v) is 18.4. The fourth-order valence-electron chi connectivity index (χ4n) is 11.8. The lowest BCUT2D eigenvalue weighted by Crippen LogP contribution is -2.49. The van der Waals surface area contributed by atoms with Gasteiger partial charge >= 0.3 is 0 Å². The maximum absolute atomic E-state index is 6.80. The molecule has 0 saturated heterocycles. The van der Waals surface area contributed by atoms with Gasteiger partial charge in [0.15, 0.2) is 5.58 Å². The molecule has 0 aliphatic carbocycles.